The highest BCUT2D eigenvalue weighted by atomic mass is 19.3. The van der Waals surface area contributed by atoms with E-state index in [9.17, 15) is 13.6 Å². The second-order valence-corrected chi connectivity index (χ2v) is 7.09. The molecule has 1 amide bonds. The molecule has 0 spiro atoms. The first-order valence-corrected chi connectivity index (χ1v) is 10.4. The third-order valence-corrected chi connectivity index (χ3v) is 4.99. The predicted molar refractivity (Wildman–Crippen MR) is 112 cm³/mol. The number of ether oxygens (including phenoxy) is 2. The number of nitrogens with zero attached hydrogens (tertiary/aromatic N) is 2. The maximum Gasteiger partial charge on any atom is 0.387 e. The van der Waals surface area contributed by atoms with Crippen molar-refractivity contribution in [1.29, 1.82) is 0 Å². The van der Waals surface area contributed by atoms with Gasteiger partial charge in [0.15, 0.2) is 17.5 Å². The zero-order chi connectivity index (χ0) is 21.9. The molecular formula is C21H32F2N4O3. The Kier molecular flexibility index (Phi) is 9.63. The second-order valence-electron chi connectivity index (χ2n) is 7.09. The number of piperidine rings is 1. The van der Waals surface area contributed by atoms with Crippen LogP contribution in [-0.4, -0.2) is 56.2 Å². The highest BCUT2D eigenvalue weighted by molar-refractivity contribution is 5.81. The van der Waals surface area contributed by atoms with Crippen LogP contribution < -0.4 is 20.1 Å². The molecule has 1 fully saturated rings. The minimum absolute atomic E-state index is 0.00608. The monoisotopic (exact) mass is 426 g/mol. The fraction of sp³-hybridized carbons (Fsp3) is 0.619. The van der Waals surface area contributed by atoms with Gasteiger partial charge in [0.05, 0.1) is 6.61 Å². The molecule has 7 nitrogen and oxygen atoms in total. The minimum Gasteiger partial charge on any atom is -0.490 e. The molecule has 2 rings (SSSR count). The Hall–Kier alpha value is -2.58. The molecule has 2 N–H and O–H groups in total. The highest BCUT2D eigenvalue weighted by Crippen LogP contribution is 2.32. The van der Waals surface area contributed by atoms with Crippen LogP contribution in [0.3, 0.4) is 0 Å². The fourth-order valence-corrected chi connectivity index (χ4v) is 3.49. The van der Waals surface area contributed by atoms with Crippen LogP contribution in [-0.2, 0) is 11.3 Å². The number of hydrogen-bond donors (Lipinski definition) is 2. The third kappa shape index (κ3) is 7.03. The van der Waals surface area contributed by atoms with Crippen molar-refractivity contribution in [2.75, 3.05) is 26.7 Å². The molecule has 1 atom stereocenters. The van der Waals surface area contributed by atoms with Crippen LogP contribution in [0.1, 0.15) is 45.1 Å². The van der Waals surface area contributed by atoms with E-state index in [1.165, 1.54) is 6.42 Å². The molecule has 1 aromatic rings. The maximum absolute atomic E-state index is 12.8. The summed E-state index contributed by atoms with van der Waals surface area (Å²) in [5.74, 6) is 0.870. The first-order valence-electron chi connectivity index (χ1n) is 10.4. The van der Waals surface area contributed by atoms with Crippen molar-refractivity contribution >= 4 is 11.9 Å². The molecule has 1 aromatic carbocycles. The van der Waals surface area contributed by atoms with E-state index in [1.54, 1.807) is 32.2 Å². The molecule has 0 aliphatic carbocycles. The summed E-state index contributed by atoms with van der Waals surface area (Å²) in [5, 5.41) is 6.16. The average Bonchev–Trinajstić information content (AvgIpc) is 2.72. The van der Waals surface area contributed by atoms with Gasteiger partial charge in [-0.05, 0) is 39.2 Å². The zero-order valence-corrected chi connectivity index (χ0v) is 17.9. The number of amides is 1. The SMILES string of the molecule is CCOc1cccc(CNC(=NC)NCCC(=O)N2CCCCC2C)c1OC(F)F. The number of benzene rings is 1. The third-order valence-electron chi connectivity index (χ3n) is 4.99. The van der Waals surface area contributed by atoms with Crippen molar-refractivity contribution in [2.45, 2.75) is 58.7 Å². The van der Waals surface area contributed by atoms with Crippen LogP contribution in [0.15, 0.2) is 23.2 Å². The normalized spacial score (nSPS) is 17.1. The summed E-state index contributed by atoms with van der Waals surface area (Å²) in [6.45, 7) is 2.70. The molecule has 1 aliphatic heterocycles. The van der Waals surface area contributed by atoms with Gasteiger partial charge in [-0.1, -0.05) is 12.1 Å². The van der Waals surface area contributed by atoms with Crippen LogP contribution in [0.5, 0.6) is 11.5 Å². The topological polar surface area (TPSA) is 75.2 Å². The number of alkyl halides is 2. The van der Waals surface area contributed by atoms with E-state index in [1.807, 2.05) is 4.90 Å². The van der Waals surface area contributed by atoms with E-state index in [-0.39, 0.29) is 30.0 Å². The van der Waals surface area contributed by atoms with Crippen molar-refractivity contribution in [1.82, 2.24) is 15.5 Å². The molecular weight excluding hydrogens is 394 g/mol. The number of likely N-dealkylation sites (tertiary alicyclic amines) is 1. The van der Waals surface area contributed by atoms with Gasteiger partial charge >= 0.3 is 6.61 Å². The smallest absolute Gasteiger partial charge is 0.387 e. The number of rotatable bonds is 9. The Balaban J connectivity index is 1.89. The van der Waals surface area contributed by atoms with Gasteiger partial charge < -0.3 is 25.0 Å². The summed E-state index contributed by atoms with van der Waals surface area (Å²) in [7, 11) is 1.61. The summed E-state index contributed by atoms with van der Waals surface area (Å²) in [6, 6.07) is 5.27. The minimum atomic E-state index is -2.95. The van der Waals surface area contributed by atoms with E-state index in [2.05, 4.69) is 27.3 Å². The Morgan fingerprint density at radius 3 is 2.80 bits per heavy atom. The van der Waals surface area contributed by atoms with E-state index < -0.39 is 6.61 Å². The van der Waals surface area contributed by atoms with E-state index in [0.29, 0.717) is 31.1 Å². The molecule has 0 radical (unpaired) electrons. The fourth-order valence-electron chi connectivity index (χ4n) is 3.49. The van der Waals surface area contributed by atoms with Crippen LogP contribution in [0, 0.1) is 0 Å². The Morgan fingerprint density at radius 2 is 2.13 bits per heavy atom. The average molecular weight is 427 g/mol. The van der Waals surface area contributed by atoms with Gasteiger partial charge in [-0.2, -0.15) is 8.78 Å². The van der Waals surface area contributed by atoms with Crippen molar-refractivity contribution in [3.63, 3.8) is 0 Å². The number of halogens is 2. The van der Waals surface area contributed by atoms with Crippen molar-refractivity contribution < 1.29 is 23.0 Å². The Labute approximate surface area is 176 Å². The van der Waals surface area contributed by atoms with Crippen molar-refractivity contribution in [3.8, 4) is 11.5 Å². The lowest BCUT2D eigenvalue weighted by Gasteiger charge is -2.33. The zero-order valence-electron chi connectivity index (χ0n) is 17.9. The first-order chi connectivity index (χ1) is 14.5. The summed E-state index contributed by atoms with van der Waals surface area (Å²) in [4.78, 5) is 18.5. The first kappa shape index (κ1) is 23.7. The van der Waals surface area contributed by atoms with Crippen LogP contribution in [0.2, 0.25) is 0 Å². The Bertz CT molecular complexity index is 715. The van der Waals surface area contributed by atoms with Gasteiger partial charge in [0.25, 0.3) is 0 Å². The number of hydrogen-bond acceptors (Lipinski definition) is 4. The van der Waals surface area contributed by atoms with Gasteiger partial charge in [0.1, 0.15) is 0 Å². The van der Waals surface area contributed by atoms with Crippen molar-refractivity contribution in [2.24, 2.45) is 4.99 Å². The summed E-state index contributed by atoms with van der Waals surface area (Å²) >= 11 is 0. The Morgan fingerprint density at radius 1 is 1.33 bits per heavy atom. The van der Waals surface area contributed by atoms with Gasteiger partial charge in [0, 0.05) is 44.7 Å². The number of nitrogens with one attached hydrogen (secondary N) is 2. The highest BCUT2D eigenvalue weighted by Gasteiger charge is 2.22. The second kappa shape index (κ2) is 12.2. The molecule has 1 heterocycles. The van der Waals surface area contributed by atoms with Gasteiger partial charge in [-0.15, -0.1) is 0 Å². The number of carbonyl (C=O) groups is 1. The lowest BCUT2D eigenvalue weighted by molar-refractivity contribution is -0.134. The van der Waals surface area contributed by atoms with Crippen molar-refractivity contribution in [3.05, 3.63) is 23.8 Å². The molecule has 1 saturated heterocycles. The number of guanidine groups is 1. The molecule has 1 aliphatic rings. The number of carbonyl (C=O) groups excluding carboxylic acids is 1. The summed E-state index contributed by atoms with van der Waals surface area (Å²) in [5.41, 5.74) is 0.516. The van der Waals surface area contributed by atoms with Gasteiger partial charge in [-0.25, -0.2) is 0 Å². The largest absolute Gasteiger partial charge is 0.490 e. The lowest BCUT2D eigenvalue weighted by atomic mass is 10.0. The standard InChI is InChI=1S/C21H32F2N4O3/c1-4-29-17-10-7-9-16(19(17)30-20(22)23)14-26-21(24-3)25-12-11-18(28)27-13-6-5-8-15(27)2/h7,9-10,15,20H,4-6,8,11-14H2,1-3H3,(H2,24,25,26). The molecule has 9 heteroatoms. The lowest BCUT2D eigenvalue weighted by Crippen LogP contribution is -2.44. The van der Waals surface area contributed by atoms with Crippen LogP contribution >= 0.6 is 0 Å². The predicted octanol–water partition coefficient (Wildman–Crippen LogP) is 3.14. The number of aliphatic imine (C=N–C) groups is 1. The van der Waals surface area contributed by atoms with Crippen LogP contribution in [0.4, 0.5) is 8.78 Å². The summed E-state index contributed by atoms with van der Waals surface area (Å²) in [6.07, 6.45) is 3.63. The van der Waals surface area contributed by atoms with Gasteiger partial charge in [0.2, 0.25) is 5.91 Å². The summed E-state index contributed by atoms with van der Waals surface area (Å²) < 4.78 is 35.7. The van der Waals surface area contributed by atoms with E-state index in [4.69, 9.17) is 4.74 Å². The van der Waals surface area contributed by atoms with Crippen LogP contribution in [0.25, 0.3) is 0 Å². The molecule has 30 heavy (non-hydrogen) atoms. The van der Waals surface area contributed by atoms with Gasteiger partial charge in [-0.3, -0.25) is 9.79 Å². The maximum atomic E-state index is 12.8. The number of para-hydroxylation sites is 1. The molecule has 0 bridgehead atoms. The van der Waals surface area contributed by atoms with E-state index in [0.717, 1.165) is 19.4 Å². The molecule has 0 saturated carbocycles. The van der Waals surface area contributed by atoms with E-state index >= 15 is 0 Å². The molecule has 168 valence electrons. The quantitative estimate of drug-likeness (QED) is 0.469. The molecule has 0 aromatic heterocycles. The molecule has 1 unspecified atom stereocenters.